The molecule has 1 aromatic carbocycles. The minimum Gasteiger partial charge on any atom is -0.468 e. The van der Waals surface area contributed by atoms with Crippen LogP contribution in [0.4, 0.5) is 4.39 Å². The van der Waals surface area contributed by atoms with Crippen molar-refractivity contribution >= 4 is 11.6 Å². The number of benzene rings is 1. The van der Waals surface area contributed by atoms with Crippen LogP contribution in [0.2, 0.25) is 5.02 Å². The highest BCUT2D eigenvalue weighted by molar-refractivity contribution is 6.31. The molecule has 0 spiro atoms. The SMILES string of the molecule is CNC(Cc1c(F)cccc1Cl)c1ccco1. The third kappa shape index (κ3) is 2.68. The molecular weight excluding hydrogens is 241 g/mol. The molecule has 0 bridgehead atoms. The van der Waals surface area contributed by atoms with E-state index in [9.17, 15) is 4.39 Å². The molecule has 2 nitrogen and oxygen atoms in total. The summed E-state index contributed by atoms with van der Waals surface area (Å²) in [7, 11) is 1.81. The number of furan rings is 1. The standard InChI is InChI=1S/C13H13ClFNO/c1-16-12(13-6-3-7-17-13)8-9-10(14)4-2-5-11(9)15/h2-7,12,16H,8H2,1H3. The maximum absolute atomic E-state index is 13.6. The van der Waals surface area contributed by atoms with Gasteiger partial charge < -0.3 is 9.73 Å². The molecule has 2 rings (SSSR count). The first kappa shape index (κ1) is 12.1. The van der Waals surface area contributed by atoms with Crippen LogP contribution in [0.25, 0.3) is 0 Å². The van der Waals surface area contributed by atoms with Crippen molar-refractivity contribution in [2.45, 2.75) is 12.5 Å². The largest absolute Gasteiger partial charge is 0.468 e. The van der Waals surface area contributed by atoms with Crippen molar-refractivity contribution in [2.75, 3.05) is 7.05 Å². The molecule has 0 saturated heterocycles. The van der Waals surface area contributed by atoms with E-state index in [0.717, 1.165) is 5.76 Å². The van der Waals surface area contributed by atoms with Crippen molar-refractivity contribution in [3.63, 3.8) is 0 Å². The molecule has 1 heterocycles. The Labute approximate surface area is 104 Å². The smallest absolute Gasteiger partial charge is 0.127 e. The maximum Gasteiger partial charge on any atom is 0.127 e. The van der Waals surface area contributed by atoms with Crippen LogP contribution in [-0.2, 0) is 6.42 Å². The third-order valence-corrected chi connectivity index (χ3v) is 3.06. The van der Waals surface area contributed by atoms with E-state index >= 15 is 0 Å². The predicted octanol–water partition coefficient (Wildman–Crippen LogP) is 3.58. The summed E-state index contributed by atoms with van der Waals surface area (Å²) >= 11 is 5.99. The lowest BCUT2D eigenvalue weighted by atomic mass is 10.0. The Morgan fingerprint density at radius 2 is 2.18 bits per heavy atom. The van der Waals surface area contributed by atoms with E-state index in [1.54, 1.807) is 18.4 Å². The number of hydrogen-bond donors (Lipinski definition) is 1. The van der Waals surface area contributed by atoms with Gasteiger partial charge in [-0.3, -0.25) is 0 Å². The van der Waals surface area contributed by atoms with Gasteiger partial charge in [-0.25, -0.2) is 4.39 Å². The second-order valence-corrected chi connectivity index (χ2v) is 4.17. The van der Waals surface area contributed by atoms with Gasteiger partial charge in [-0.2, -0.15) is 0 Å². The van der Waals surface area contributed by atoms with E-state index in [4.69, 9.17) is 16.0 Å². The van der Waals surface area contributed by atoms with Crippen LogP contribution in [0.5, 0.6) is 0 Å². The molecule has 0 radical (unpaired) electrons. The summed E-state index contributed by atoms with van der Waals surface area (Å²) in [5.74, 6) is 0.483. The Hall–Kier alpha value is -1.32. The molecule has 1 unspecified atom stereocenters. The predicted molar refractivity (Wildman–Crippen MR) is 65.6 cm³/mol. The van der Waals surface area contributed by atoms with Crippen LogP contribution in [0.15, 0.2) is 41.0 Å². The Bertz CT molecular complexity index is 464. The van der Waals surface area contributed by atoms with Crippen LogP contribution in [0.3, 0.4) is 0 Å². The van der Waals surface area contributed by atoms with Gasteiger partial charge in [0, 0.05) is 10.6 Å². The fourth-order valence-electron chi connectivity index (χ4n) is 1.77. The van der Waals surface area contributed by atoms with Crippen molar-refractivity contribution in [3.05, 3.63) is 58.8 Å². The number of hydrogen-bond acceptors (Lipinski definition) is 2. The van der Waals surface area contributed by atoms with Gasteiger partial charge in [0.25, 0.3) is 0 Å². The molecule has 1 aromatic heterocycles. The van der Waals surface area contributed by atoms with Crippen LogP contribution in [0, 0.1) is 5.82 Å². The summed E-state index contributed by atoms with van der Waals surface area (Å²) in [5.41, 5.74) is 0.505. The molecule has 1 N–H and O–H groups in total. The summed E-state index contributed by atoms with van der Waals surface area (Å²) in [5, 5.41) is 3.53. The zero-order chi connectivity index (χ0) is 12.3. The Balaban J connectivity index is 2.25. The lowest BCUT2D eigenvalue weighted by Crippen LogP contribution is -2.19. The van der Waals surface area contributed by atoms with Crippen LogP contribution in [-0.4, -0.2) is 7.05 Å². The third-order valence-electron chi connectivity index (χ3n) is 2.71. The average Bonchev–Trinajstić information content (AvgIpc) is 2.82. The molecule has 0 fully saturated rings. The van der Waals surface area contributed by atoms with E-state index < -0.39 is 0 Å². The normalized spacial score (nSPS) is 12.6. The van der Waals surface area contributed by atoms with Crippen LogP contribution < -0.4 is 5.32 Å². The lowest BCUT2D eigenvalue weighted by molar-refractivity contribution is 0.425. The van der Waals surface area contributed by atoms with Crippen molar-refractivity contribution in [3.8, 4) is 0 Å². The van der Waals surface area contributed by atoms with Gasteiger partial charge in [-0.15, -0.1) is 0 Å². The molecular formula is C13H13ClFNO. The number of nitrogens with one attached hydrogen (secondary N) is 1. The zero-order valence-electron chi connectivity index (χ0n) is 9.41. The van der Waals surface area contributed by atoms with Gasteiger partial charge in [0.15, 0.2) is 0 Å². The second kappa shape index (κ2) is 5.34. The van der Waals surface area contributed by atoms with Crippen molar-refractivity contribution in [1.29, 1.82) is 0 Å². The fourth-order valence-corrected chi connectivity index (χ4v) is 2.01. The highest BCUT2D eigenvalue weighted by Crippen LogP contribution is 2.25. The molecule has 1 atom stereocenters. The molecule has 0 aliphatic rings. The average molecular weight is 254 g/mol. The Kier molecular flexibility index (Phi) is 3.82. The molecule has 0 saturated carbocycles. The minimum atomic E-state index is -0.288. The molecule has 4 heteroatoms. The van der Waals surface area contributed by atoms with Crippen molar-refractivity contribution in [1.82, 2.24) is 5.32 Å². The van der Waals surface area contributed by atoms with Crippen LogP contribution in [0.1, 0.15) is 17.4 Å². The summed E-state index contributed by atoms with van der Waals surface area (Å²) in [6.45, 7) is 0. The van der Waals surface area contributed by atoms with Gasteiger partial charge in [0.05, 0.1) is 12.3 Å². The number of likely N-dealkylation sites (N-methyl/N-ethyl adjacent to an activating group) is 1. The zero-order valence-corrected chi connectivity index (χ0v) is 10.2. The van der Waals surface area contributed by atoms with E-state index in [1.165, 1.54) is 6.07 Å². The number of halogens is 2. The van der Waals surface area contributed by atoms with Gasteiger partial charge >= 0.3 is 0 Å². The van der Waals surface area contributed by atoms with Gasteiger partial charge in [0.2, 0.25) is 0 Å². The van der Waals surface area contributed by atoms with E-state index in [1.807, 2.05) is 19.2 Å². The van der Waals surface area contributed by atoms with E-state index in [-0.39, 0.29) is 11.9 Å². The summed E-state index contributed by atoms with van der Waals surface area (Å²) in [6, 6.07) is 8.28. The molecule has 17 heavy (non-hydrogen) atoms. The maximum atomic E-state index is 13.6. The summed E-state index contributed by atoms with van der Waals surface area (Å²) < 4.78 is 19.0. The first-order valence-corrected chi connectivity index (χ1v) is 5.73. The lowest BCUT2D eigenvalue weighted by Gasteiger charge is -2.15. The van der Waals surface area contributed by atoms with Crippen molar-refractivity contribution < 1.29 is 8.81 Å². The van der Waals surface area contributed by atoms with E-state index in [0.29, 0.717) is 17.0 Å². The fraction of sp³-hybridized carbons (Fsp3) is 0.231. The Morgan fingerprint density at radius 1 is 1.35 bits per heavy atom. The van der Waals surface area contributed by atoms with E-state index in [2.05, 4.69) is 5.32 Å². The van der Waals surface area contributed by atoms with Gasteiger partial charge in [-0.05, 0) is 37.7 Å². The molecule has 90 valence electrons. The highest BCUT2D eigenvalue weighted by atomic mass is 35.5. The Morgan fingerprint density at radius 3 is 2.76 bits per heavy atom. The quantitative estimate of drug-likeness (QED) is 0.901. The first-order valence-electron chi connectivity index (χ1n) is 5.36. The topological polar surface area (TPSA) is 25.2 Å². The second-order valence-electron chi connectivity index (χ2n) is 3.76. The number of rotatable bonds is 4. The molecule has 0 aliphatic heterocycles. The minimum absolute atomic E-state index is 0.0839. The van der Waals surface area contributed by atoms with Gasteiger partial charge in [0.1, 0.15) is 11.6 Å². The van der Waals surface area contributed by atoms with Crippen molar-refractivity contribution in [2.24, 2.45) is 0 Å². The monoisotopic (exact) mass is 253 g/mol. The summed E-state index contributed by atoms with van der Waals surface area (Å²) in [4.78, 5) is 0. The molecule has 0 aliphatic carbocycles. The van der Waals surface area contributed by atoms with Gasteiger partial charge in [-0.1, -0.05) is 17.7 Å². The molecule has 2 aromatic rings. The van der Waals surface area contributed by atoms with Crippen LogP contribution >= 0.6 is 11.6 Å². The highest BCUT2D eigenvalue weighted by Gasteiger charge is 2.17. The summed E-state index contributed by atoms with van der Waals surface area (Å²) in [6.07, 6.45) is 2.05. The molecule has 0 amide bonds. The first-order chi connectivity index (χ1) is 8.22.